The van der Waals surface area contributed by atoms with Gasteiger partial charge in [-0.2, -0.15) is 0 Å². The van der Waals surface area contributed by atoms with E-state index in [1.165, 1.54) is 21.8 Å². The Morgan fingerprint density at radius 2 is 2.22 bits per heavy atom. The number of hydrogen-bond donors (Lipinski definition) is 2. The maximum atomic E-state index is 13.0. The highest BCUT2D eigenvalue weighted by molar-refractivity contribution is 7.10. The first-order valence-corrected chi connectivity index (χ1v) is 10.7. The second-order valence-corrected chi connectivity index (χ2v) is 8.30. The minimum atomic E-state index is -0.507. The molecule has 0 fully saturated rings. The van der Waals surface area contributed by atoms with E-state index in [1.54, 1.807) is 16.7 Å². The fourth-order valence-corrected chi connectivity index (χ4v) is 4.77. The van der Waals surface area contributed by atoms with Gasteiger partial charge in [0.25, 0.3) is 5.91 Å². The van der Waals surface area contributed by atoms with Gasteiger partial charge >= 0.3 is 0 Å². The molecule has 0 bridgehead atoms. The average Bonchev–Trinajstić information content (AvgIpc) is 3.29. The summed E-state index contributed by atoms with van der Waals surface area (Å²) in [4.78, 5) is 33.0. The lowest BCUT2D eigenvalue weighted by atomic mass is 10.1. The van der Waals surface area contributed by atoms with Gasteiger partial charge in [0, 0.05) is 29.8 Å². The van der Waals surface area contributed by atoms with E-state index in [9.17, 15) is 9.59 Å². The molecule has 148 valence electrons. The Labute approximate surface area is 173 Å². The zero-order valence-corrected chi connectivity index (χ0v) is 17.7. The van der Waals surface area contributed by atoms with Gasteiger partial charge < -0.3 is 16.0 Å². The van der Waals surface area contributed by atoms with Crippen LogP contribution in [0, 0.1) is 0 Å². The summed E-state index contributed by atoms with van der Waals surface area (Å²) in [6.45, 7) is 3.86. The van der Waals surface area contributed by atoms with Crippen molar-refractivity contribution in [2.45, 2.75) is 45.2 Å². The van der Waals surface area contributed by atoms with Crippen molar-refractivity contribution in [3.8, 4) is 0 Å². The molecule has 2 aromatic rings. The molecule has 1 aliphatic heterocycles. The number of thiazole rings is 1. The first-order valence-electron chi connectivity index (χ1n) is 8.91. The molecule has 1 atom stereocenters. The third kappa shape index (κ3) is 5.28. The number of carbonyl (C=O) groups excluding carboxylic acids is 2. The van der Waals surface area contributed by atoms with E-state index in [0.717, 1.165) is 17.8 Å². The molecule has 2 amide bonds. The third-order valence-electron chi connectivity index (χ3n) is 4.44. The maximum absolute atomic E-state index is 13.0. The number of rotatable bonds is 7. The molecule has 0 aromatic carbocycles. The van der Waals surface area contributed by atoms with E-state index in [1.807, 2.05) is 11.8 Å². The summed E-state index contributed by atoms with van der Waals surface area (Å²) in [5.41, 5.74) is 7.12. The molecule has 1 aliphatic rings. The molecule has 0 spiro atoms. The van der Waals surface area contributed by atoms with Gasteiger partial charge in [-0.1, -0.05) is 13.3 Å². The molecule has 0 radical (unpaired) electrons. The van der Waals surface area contributed by atoms with Crippen molar-refractivity contribution in [3.63, 3.8) is 0 Å². The van der Waals surface area contributed by atoms with Gasteiger partial charge in [-0.3, -0.25) is 9.59 Å². The van der Waals surface area contributed by atoms with Gasteiger partial charge in [-0.05, 0) is 36.4 Å². The van der Waals surface area contributed by atoms with Crippen molar-refractivity contribution in [2.24, 2.45) is 5.73 Å². The predicted octanol–water partition coefficient (Wildman–Crippen LogP) is 2.61. The quantitative estimate of drug-likeness (QED) is 0.709. The molecule has 0 saturated heterocycles. The van der Waals surface area contributed by atoms with Crippen molar-refractivity contribution in [3.05, 3.63) is 38.0 Å². The number of carbonyl (C=O) groups is 2. The summed E-state index contributed by atoms with van der Waals surface area (Å²) >= 11 is 3.17. The summed E-state index contributed by atoms with van der Waals surface area (Å²) in [6, 6.07) is 1.58. The number of amides is 2. The molecule has 3 rings (SSSR count). The smallest absolute Gasteiger partial charge is 0.271 e. The van der Waals surface area contributed by atoms with Gasteiger partial charge in [0.15, 0.2) is 0 Å². The van der Waals surface area contributed by atoms with Crippen LogP contribution in [0.4, 0.5) is 0 Å². The number of hydrogen-bond acceptors (Lipinski definition) is 6. The summed E-state index contributed by atoms with van der Waals surface area (Å²) in [7, 11) is 0. The fourth-order valence-electron chi connectivity index (χ4n) is 3.09. The number of fused-ring (bicyclic) bond motifs is 1. The molecule has 9 heteroatoms. The fraction of sp³-hybridized carbons (Fsp3) is 0.500. The standard InChI is InChI=1S/C18H24N4O2S2.ClH/c1-2-3-13(21-17(23)14-11-26-16(20-14)4-7-19)18(24)22-8-5-15-12(10-22)6-9-25-15;/h6,9,11,13H,2-5,7-8,10,19H2,1H3,(H,21,23);1H. The Balaban J connectivity index is 0.00000261. The molecule has 3 heterocycles. The highest BCUT2D eigenvalue weighted by atomic mass is 35.5. The van der Waals surface area contributed by atoms with E-state index in [0.29, 0.717) is 38.2 Å². The molecule has 6 nitrogen and oxygen atoms in total. The predicted molar refractivity (Wildman–Crippen MR) is 112 cm³/mol. The van der Waals surface area contributed by atoms with E-state index in [4.69, 9.17) is 5.73 Å². The van der Waals surface area contributed by atoms with Crippen molar-refractivity contribution >= 4 is 46.9 Å². The molecular weight excluding hydrogens is 404 g/mol. The number of aromatic nitrogens is 1. The van der Waals surface area contributed by atoms with Crippen LogP contribution >= 0.6 is 35.1 Å². The van der Waals surface area contributed by atoms with Crippen LogP contribution in [0.3, 0.4) is 0 Å². The Kier molecular flexibility index (Phi) is 8.22. The molecular formula is C18H25ClN4O2S2. The lowest BCUT2D eigenvalue weighted by molar-refractivity contribution is -0.134. The number of nitrogens with two attached hydrogens (primary N) is 1. The van der Waals surface area contributed by atoms with Crippen LogP contribution in [0.5, 0.6) is 0 Å². The summed E-state index contributed by atoms with van der Waals surface area (Å²) in [5.74, 6) is -0.293. The molecule has 1 unspecified atom stereocenters. The minimum absolute atomic E-state index is 0. The van der Waals surface area contributed by atoms with Gasteiger partial charge in [0.05, 0.1) is 5.01 Å². The maximum Gasteiger partial charge on any atom is 0.271 e. The molecule has 3 N–H and O–H groups in total. The second-order valence-electron chi connectivity index (χ2n) is 6.36. The van der Waals surface area contributed by atoms with E-state index in [-0.39, 0.29) is 24.2 Å². The lowest BCUT2D eigenvalue weighted by Crippen LogP contribution is -2.49. The molecule has 0 saturated carbocycles. The van der Waals surface area contributed by atoms with E-state index < -0.39 is 6.04 Å². The average molecular weight is 429 g/mol. The Bertz CT molecular complexity index is 777. The Hall–Kier alpha value is -1.48. The zero-order chi connectivity index (χ0) is 18.5. The van der Waals surface area contributed by atoms with Gasteiger partial charge in [0.2, 0.25) is 5.91 Å². The van der Waals surface area contributed by atoms with E-state index >= 15 is 0 Å². The van der Waals surface area contributed by atoms with Crippen LogP contribution in [-0.2, 0) is 24.2 Å². The largest absolute Gasteiger partial charge is 0.339 e. The monoisotopic (exact) mass is 428 g/mol. The Morgan fingerprint density at radius 3 is 2.96 bits per heavy atom. The van der Waals surface area contributed by atoms with Crippen LogP contribution in [0.25, 0.3) is 0 Å². The van der Waals surface area contributed by atoms with Crippen molar-refractivity contribution < 1.29 is 9.59 Å². The first kappa shape index (κ1) is 21.8. The van der Waals surface area contributed by atoms with Gasteiger partial charge in [-0.15, -0.1) is 35.1 Å². The molecule has 0 aliphatic carbocycles. The number of halogens is 1. The van der Waals surface area contributed by atoms with Crippen LogP contribution < -0.4 is 11.1 Å². The molecule has 2 aromatic heterocycles. The second kappa shape index (κ2) is 10.2. The number of thiophene rings is 1. The minimum Gasteiger partial charge on any atom is -0.339 e. The van der Waals surface area contributed by atoms with E-state index in [2.05, 4.69) is 21.7 Å². The van der Waals surface area contributed by atoms with Crippen LogP contribution in [0.1, 0.15) is 45.7 Å². The first-order chi connectivity index (χ1) is 12.6. The SMILES string of the molecule is CCCC(NC(=O)c1csc(CCN)n1)C(=O)N1CCc2sccc2C1.Cl. The molecule has 27 heavy (non-hydrogen) atoms. The topological polar surface area (TPSA) is 88.3 Å². The highest BCUT2D eigenvalue weighted by Gasteiger charge is 2.29. The van der Waals surface area contributed by atoms with Crippen LogP contribution in [0.15, 0.2) is 16.8 Å². The number of nitrogens with one attached hydrogen (secondary N) is 1. The zero-order valence-electron chi connectivity index (χ0n) is 15.3. The van der Waals surface area contributed by atoms with Crippen LogP contribution in [-0.4, -0.2) is 40.8 Å². The lowest BCUT2D eigenvalue weighted by Gasteiger charge is -2.30. The summed E-state index contributed by atoms with van der Waals surface area (Å²) in [6.07, 6.45) is 2.99. The number of nitrogens with zero attached hydrogens (tertiary/aromatic N) is 2. The van der Waals surface area contributed by atoms with Gasteiger partial charge in [-0.25, -0.2) is 4.98 Å². The van der Waals surface area contributed by atoms with Crippen molar-refractivity contribution in [1.29, 1.82) is 0 Å². The highest BCUT2D eigenvalue weighted by Crippen LogP contribution is 2.24. The van der Waals surface area contributed by atoms with Gasteiger partial charge in [0.1, 0.15) is 11.7 Å². The summed E-state index contributed by atoms with van der Waals surface area (Å²) < 4.78 is 0. The summed E-state index contributed by atoms with van der Waals surface area (Å²) in [5, 5.41) is 7.54. The third-order valence-corrected chi connectivity index (χ3v) is 6.37. The van der Waals surface area contributed by atoms with Crippen molar-refractivity contribution in [2.75, 3.05) is 13.1 Å². The Morgan fingerprint density at radius 1 is 1.41 bits per heavy atom. The normalized spacial score (nSPS) is 14.2. The van der Waals surface area contributed by atoms with Crippen molar-refractivity contribution in [1.82, 2.24) is 15.2 Å². The van der Waals surface area contributed by atoms with Crippen LogP contribution in [0.2, 0.25) is 0 Å².